The number of fused-ring (bicyclic) bond motifs is 1. The van der Waals surface area contributed by atoms with Crippen molar-refractivity contribution < 1.29 is 0 Å². The van der Waals surface area contributed by atoms with E-state index in [2.05, 4.69) is 47.6 Å². The fourth-order valence-electron chi connectivity index (χ4n) is 3.85. The molecule has 3 rings (SSSR count). The number of hydrogen-bond acceptors (Lipinski definition) is 2. The Bertz CT molecular complexity index is 395. The average molecular weight is 295 g/mol. The van der Waals surface area contributed by atoms with E-state index in [-0.39, 0.29) is 12.4 Å². The maximum Gasteiger partial charge on any atom is 0.0249 e. The van der Waals surface area contributed by atoms with E-state index >= 15 is 0 Å². The first kappa shape index (κ1) is 15.8. The third-order valence-electron chi connectivity index (χ3n) is 4.99. The molecule has 0 spiro atoms. The molecule has 0 saturated carbocycles. The molecule has 2 saturated heterocycles. The summed E-state index contributed by atoms with van der Waals surface area (Å²) in [6.45, 7) is 1.22. The first-order valence-electron chi connectivity index (χ1n) is 7.84. The Labute approximate surface area is 129 Å². The van der Waals surface area contributed by atoms with Gasteiger partial charge in [-0.2, -0.15) is 0 Å². The Morgan fingerprint density at radius 1 is 1.15 bits per heavy atom. The molecule has 2 fully saturated rings. The van der Waals surface area contributed by atoms with Gasteiger partial charge in [-0.3, -0.25) is 4.90 Å². The highest BCUT2D eigenvalue weighted by atomic mass is 35.5. The molecule has 0 bridgehead atoms. The van der Waals surface area contributed by atoms with Crippen LogP contribution in [0.15, 0.2) is 30.3 Å². The third kappa shape index (κ3) is 3.55. The third-order valence-corrected chi connectivity index (χ3v) is 4.99. The van der Waals surface area contributed by atoms with Gasteiger partial charge in [0.15, 0.2) is 0 Å². The van der Waals surface area contributed by atoms with Crippen molar-refractivity contribution in [2.45, 2.75) is 56.7 Å². The summed E-state index contributed by atoms with van der Waals surface area (Å²) in [4.78, 5) is 2.65. The molecular weight excluding hydrogens is 268 g/mol. The first-order chi connectivity index (χ1) is 9.34. The smallest absolute Gasteiger partial charge is 0.0249 e. The van der Waals surface area contributed by atoms with E-state index in [1.54, 1.807) is 0 Å². The highest BCUT2D eigenvalue weighted by molar-refractivity contribution is 5.85. The zero-order valence-corrected chi connectivity index (χ0v) is 13.2. The second-order valence-corrected chi connectivity index (χ2v) is 6.22. The van der Waals surface area contributed by atoms with Crippen LogP contribution in [0.1, 0.15) is 37.7 Å². The van der Waals surface area contributed by atoms with Crippen molar-refractivity contribution >= 4 is 12.4 Å². The van der Waals surface area contributed by atoms with Crippen LogP contribution < -0.4 is 5.32 Å². The van der Waals surface area contributed by atoms with Crippen LogP contribution in [0.25, 0.3) is 0 Å². The summed E-state index contributed by atoms with van der Waals surface area (Å²) in [6.07, 6.45) is 8.05. The lowest BCUT2D eigenvalue weighted by atomic mass is 9.98. The number of likely N-dealkylation sites (tertiary alicyclic amines) is 1. The van der Waals surface area contributed by atoms with Crippen LogP contribution in [0.3, 0.4) is 0 Å². The van der Waals surface area contributed by atoms with Crippen LogP contribution in [0, 0.1) is 0 Å². The molecule has 2 heterocycles. The van der Waals surface area contributed by atoms with Gasteiger partial charge in [0.05, 0.1) is 0 Å². The summed E-state index contributed by atoms with van der Waals surface area (Å²) in [6, 6.07) is 13.1. The molecule has 0 aromatic heterocycles. The van der Waals surface area contributed by atoms with Gasteiger partial charge in [0, 0.05) is 18.1 Å². The summed E-state index contributed by atoms with van der Waals surface area (Å²) in [5.41, 5.74) is 1.48. The standard InChI is InChI=1S/C17H26N2.ClH/c1-19-15(12-14-8-4-2-5-9-14)13-16-17(19)10-6-3-7-11-18-16;/h2,4-5,8-9,15-18H,3,6-7,10-13H2,1H3;1H. The van der Waals surface area contributed by atoms with E-state index in [4.69, 9.17) is 0 Å². The van der Waals surface area contributed by atoms with Crippen LogP contribution in [-0.4, -0.2) is 36.6 Å². The second kappa shape index (κ2) is 7.44. The van der Waals surface area contributed by atoms with Crippen molar-refractivity contribution in [1.82, 2.24) is 10.2 Å². The Kier molecular flexibility index (Phi) is 5.88. The van der Waals surface area contributed by atoms with Crippen LogP contribution in [0.4, 0.5) is 0 Å². The summed E-state index contributed by atoms with van der Waals surface area (Å²) < 4.78 is 0. The van der Waals surface area contributed by atoms with Crippen molar-refractivity contribution in [2.75, 3.05) is 13.6 Å². The predicted octanol–water partition coefficient (Wildman–Crippen LogP) is 3.26. The van der Waals surface area contributed by atoms with Crippen molar-refractivity contribution in [3.8, 4) is 0 Å². The molecule has 1 aromatic carbocycles. The molecule has 2 aliphatic heterocycles. The van der Waals surface area contributed by atoms with Crippen molar-refractivity contribution in [2.24, 2.45) is 0 Å². The largest absolute Gasteiger partial charge is 0.312 e. The molecule has 1 N–H and O–H groups in total. The van der Waals surface area contributed by atoms with E-state index in [1.807, 2.05) is 0 Å². The Morgan fingerprint density at radius 3 is 2.75 bits per heavy atom. The summed E-state index contributed by atoms with van der Waals surface area (Å²) >= 11 is 0. The normalized spacial score (nSPS) is 30.9. The minimum atomic E-state index is 0. The van der Waals surface area contributed by atoms with E-state index < -0.39 is 0 Å². The number of halogens is 1. The van der Waals surface area contributed by atoms with Gasteiger partial charge in [-0.25, -0.2) is 0 Å². The fourth-order valence-corrected chi connectivity index (χ4v) is 3.85. The van der Waals surface area contributed by atoms with Gasteiger partial charge >= 0.3 is 0 Å². The van der Waals surface area contributed by atoms with Gasteiger partial charge in [0.25, 0.3) is 0 Å². The van der Waals surface area contributed by atoms with E-state index in [0.717, 1.165) is 12.1 Å². The maximum absolute atomic E-state index is 3.79. The number of nitrogens with zero attached hydrogens (tertiary/aromatic N) is 1. The quantitative estimate of drug-likeness (QED) is 0.901. The number of benzene rings is 1. The molecule has 0 aliphatic carbocycles. The molecule has 3 atom stereocenters. The van der Waals surface area contributed by atoms with E-state index in [9.17, 15) is 0 Å². The van der Waals surface area contributed by atoms with E-state index in [1.165, 1.54) is 50.6 Å². The first-order valence-corrected chi connectivity index (χ1v) is 7.84. The molecule has 1 aromatic rings. The number of rotatable bonds is 2. The van der Waals surface area contributed by atoms with Crippen LogP contribution in [-0.2, 0) is 6.42 Å². The van der Waals surface area contributed by atoms with Gasteiger partial charge in [-0.05, 0) is 44.8 Å². The van der Waals surface area contributed by atoms with Gasteiger partial charge in [0.2, 0.25) is 0 Å². The van der Waals surface area contributed by atoms with Crippen LogP contribution >= 0.6 is 12.4 Å². The van der Waals surface area contributed by atoms with Crippen LogP contribution in [0.2, 0.25) is 0 Å². The van der Waals surface area contributed by atoms with E-state index in [0.29, 0.717) is 6.04 Å². The lowest BCUT2D eigenvalue weighted by Crippen LogP contribution is -2.43. The topological polar surface area (TPSA) is 15.3 Å². The summed E-state index contributed by atoms with van der Waals surface area (Å²) in [5, 5.41) is 3.79. The predicted molar refractivity (Wildman–Crippen MR) is 87.6 cm³/mol. The van der Waals surface area contributed by atoms with Gasteiger partial charge in [-0.15, -0.1) is 12.4 Å². The minimum Gasteiger partial charge on any atom is -0.312 e. The van der Waals surface area contributed by atoms with Crippen molar-refractivity contribution in [3.05, 3.63) is 35.9 Å². The molecular formula is C17H27ClN2. The molecule has 2 nitrogen and oxygen atoms in total. The molecule has 112 valence electrons. The Hall–Kier alpha value is -0.570. The Morgan fingerprint density at radius 2 is 1.95 bits per heavy atom. The second-order valence-electron chi connectivity index (χ2n) is 6.22. The molecule has 0 radical (unpaired) electrons. The summed E-state index contributed by atoms with van der Waals surface area (Å²) in [5.74, 6) is 0. The molecule has 3 heteroatoms. The molecule has 0 amide bonds. The molecule has 3 unspecified atom stereocenters. The SMILES string of the molecule is CN1C(Cc2ccccc2)CC2NCCCCCC21.Cl. The minimum absolute atomic E-state index is 0. The molecule has 20 heavy (non-hydrogen) atoms. The van der Waals surface area contributed by atoms with Crippen LogP contribution in [0.5, 0.6) is 0 Å². The highest BCUT2D eigenvalue weighted by Crippen LogP contribution is 2.29. The number of nitrogens with one attached hydrogen (secondary N) is 1. The lowest BCUT2D eigenvalue weighted by molar-refractivity contribution is 0.209. The maximum atomic E-state index is 3.79. The zero-order valence-electron chi connectivity index (χ0n) is 12.4. The highest BCUT2D eigenvalue weighted by Gasteiger charge is 2.38. The van der Waals surface area contributed by atoms with Gasteiger partial charge in [0.1, 0.15) is 0 Å². The fraction of sp³-hybridized carbons (Fsp3) is 0.647. The number of likely N-dealkylation sites (N-methyl/N-ethyl adjacent to an activating group) is 1. The zero-order chi connectivity index (χ0) is 13.1. The monoisotopic (exact) mass is 294 g/mol. The molecule has 2 aliphatic rings. The number of hydrogen-bond donors (Lipinski definition) is 1. The summed E-state index contributed by atoms with van der Waals surface area (Å²) in [7, 11) is 2.33. The van der Waals surface area contributed by atoms with Crippen molar-refractivity contribution in [1.29, 1.82) is 0 Å². The average Bonchev–Trinajstić information content (AvgIpc) is 2.67. The Balaban J connectivity index is 0.00000147. The van der Waals surface area contributed by atoms with Gasteiger partial charge < -0.3 is 5.32 Å². The van der Waals surface area contributed by atoms with Gasteiger partial charge in [-0.1, -0.05) is 43.2 Å². The van der Waals surface area contributed by atoms with Crippen molar-refractivity contribution in [3.63, 3.8) is 0 Å². The lowest BCUT2D eigenvalue weighted by Gasteiger charge is -2.29.